The number of aromatic nitrogens is 2. The van der Waals surface area contributed by atoms with E-state index in [1.165, 1.54) is 0 Å². The summed E-state index contributed by atoms with van der Waals surface area (Å²) in [7, 11) is 0. The maximum Gasteiger partial charge on any atom is 0.258 e. The molecule has 0 fully saturated rings. The number of carbonyl (C=O) groups is 1. The molecule has 6 heteroatoms. The first-order valence-corrected chi connectivity index (χ1v) is 8.29. The summed E-state index contributed by atoms with van der Waals surface area (Å²) in [5.41, 5.74) is 1.01. The van der Waals surface area contributed by atoms with E-state index in [9.17, 15) is 4.79 Å². The predicted octanol–water partition coefficient (Wildman–Crippen LogP) is 3.54. The lowest BCUT2D eigenvalue weighted by Gasteiger charge is -2.18. The second-order valence-corrected chi connectivity index (χ2v) is 5.95. The molecule has 0 saturated carbocycles. The summed E-state index contributed by atoms with van der Waals surface area (Å²) in [6.45, 7) is -0.0815. The zero-order valence-electron chi connectivity index (χ0n) is 13.5. The molecule has 2 N–H and O–H groups in total. The number of nitrogens with one attached hydrogen (secondary N) is 2. The molecule has 0 saturated heterocycles. The molecular formula is C19H18ClN3O2. The van der Waals surface area contributed by atoms with Crippen molar-refractivity contribution in [2.24, 2.45) is 0 Å². The van der Waals surface area contributed by atoms with Crippen LogP contribution in [-0.2, 0) is 11.2 Å². The molecule has 25 heavy (non-hydrogen) atoms. The molecule has 0 spiro atoms. The van der Waals surface area contributed by atoms with E-state index in [-0.39, 0.29) is 18.6 Å². The van der Waals surface area contributed by atoms with Crippen LogP contribution in [-0.4, -0.2) is 22.5 Å². The van der Waals surface area contributed by atoms with Crippen molar-refractivity contribution in [1.29, 1.82) is 0 Å². The number of imidazole rings is 1. The standard InChI is InChI=1S/C19H18ClN3O2/c20-15-7-4-8-16(11-15)25-13-19(24)23-17(12-18-21-9-10-22-18)14-5-2-1-3-6-14/h1-11,17H,12-13H2,(H,21,22)(H,23,24). The van der Waals surface area contributed by atoms with Gasteiger partial charge in [-0.15, -0.1) is 0 Å². The fourth-order valence-electron chi connectivity index (χ4n) is 2.48. The highest BCUT2D eigenvalue weighted by molar-refractivity contribution is 6.30. The average molecular weight is 356 g/mol. The Morgan fingerprint density at radius 1 is 1.20 bits per heavy atom. The van der Waals surface area contributed by atoms with Crippen LogP contribution in [0.2, 0.25) is 5.02 Å². The van der Waals surface area contributed by atoms with Crippen molar-refractivity contribution in [1.82, 2.24) is 15.3 Å². The second-order valence-electron chi connectivity index (χ2n) is 5.52. The van der Waals surface area contributed by atoms with Gasteiger partial charge in [-0.2, -0.15) is 0 Å². The number of hydrogen-bond donors (Lipinski definition) is 2. The van der Waals surface area contributed by atoms with Gasteiger partial charge in [-0.25, -0.2) is 4.98 Å². The van der Waals surface area contributed by atoms with Crippen LogP contribution in [0.5, 0.6) is 5.75 Å². The number of hydrogen-bond acceptors (Lipinski definition) is 3. The summed E-state index contributed by atoms with van der Waals surface area (Å²) < 4.78 is 5.50. The van der Waals surface area contributed by atoms with E-state index in [1.54, 1.807) is 36.7 Å². The summed E-state index contributed by atoms with van der Waals surface area (Å²) >= 11 is 5.91. The van der Waals surface area contributed by atoms with Gasteiger partial charge in [0.2, 0.25) is 0 Å². The largest absolute Gasteiger partial charge is 0.484 e. The van der Waals surface area contributed by atoms with Crippen LogP contribution < -0.4 is 10.1 Å². The van der Waals surface area contributed by atoms with E-state index >= 15 is 0 Å². The molecule has 3 aromatic rings. The lowest BCUT2D eigenvalue weighted by atomic mass is 10.0. The third-order valence-electron chi connectivity index (χ3n) is 3.66. The minimum absolute atomic E-state index is 0.0815. The minimum atomic E-state index is -0.208. The summed E-state index contributed by atoms with van der Waals surface area (Å²) in [6, 6.07) is 16.6. The van der Waals surface area contributed by atoms with Crippen molar-refractivity contribution in [2.75, 3.05) is 6.61 Å². The molecule has 0 aliphatic carbocycles. The Balaban J connectivity index is 1.64. The van der Waals surface area contributed by atoms with Crippen LogP contribution >= 0.6 is 11.6 Å². The van der Waals surface area contributed by atoms with Crippen LogP contribution in [0, 0.1) is 0 Å². The van der Waals surface area contributed by atoms with Crippen LogP contribution in [0.1, 0.15) is 17.4 Å². The Hall–Kier alpha value is -2.79. The van der Waals surface area contributed by atoms with E-state index in [0.717, 1.165) is 11.4 Å². The van der Waals surface area contributed by atoms with Crippen LogP contribution in [0.25, 0.3) is 0 Å². The van der Waals surface area contributed by atoms with E-state index in [0.29, 0.717) is 17.2 Å². The summed E-state index contributed by atoms with van der Waals surface area (Å²) in [5.74, 6) is 1.16. The highest BCUT2D eigenvalue weighted by Gasteiger charge is 2.16. The van der Waals surface area contributed by atoms with Gasteiger partial charge in [-0.1, -0.05) is 48.0 Å². The number of aromatic amines is 1. The van der Waals surface area contributed by atoms with Crippen molar-refractivity contribution in [3.05, 3.63) is 83.4 Å². The topological polar surface area (TPSA) is 67.0 Å². The van der Waals surface area contributed by atoms with Gasteiger partial charge >= 0.3 is 0 Å². The highest BCUT2D eigenvalue weighted by Crippen LogP contribution is 2.18. The summed E-state index contributed by atoms with van der Waals surface area (Å²) in [6.07, 6.45) is 4.03. The third-order valence-corrected chi connectivity index (χ3v) is 3.89. The Morgan fingerprint density at radius 3 is 2.76 bits per heavy atom. The second kappa shape index (κ2) is 8.35. The molecule has 2 aromatic carbocycles. The van der Waals surface area contributed by atoms with Gasteiger partial charge in [0.05, 0.1) is 6.04 Å². The number of halogens is 1. The Kier molecular flexibility index (Phi) is 5.69. The molecule has 5 nitrogen and oxygen atoms in total. The minimum Gasteiger partial charge on any atom is -0.484 e. The smallest absolute Gasteiger partial charge is 0.258 e. The van der Waals surface area contributed by atoms with E-state index in [4.69, 9.17) is 16.3 Å². The van der Waals surface area contributed by atoms with Gasteiger partial charge in [-0.3, -0.25) is 4.79 Å². The quantitative estimate of drug-likeness (QED) is 0.681. The summed E-state index contributed by atoms with van der Waals surface area (Å²) in [5, 5.41) is 3.57. The highest BCUT2D eigenvalue weighted by atomic mass is 35.5. The van der Waals surface area contributed by atoms with Crippen molar-refractivity contribution < 1.29 is 9.53 Å². The molecule has 0 aliphatic heterocycles. The molecular weight excluding hydrogens is 338 g/mol. The van der Waals surface area contributed by atoms with E-state index in [2.05, 4.69) is 15.3 Å². The van der Waals surface area contributed by atoms with Crippen molar-refractivity contribution in [3.63, 3.8) is 0 Å². The monoisotopic (exact) mass is 355 g/mol. The first-order valence-electron chi connectivity index (χ1n) is 7.91. The van der Waals surface area contributed by atoms with Gasteiger partial charge in [0, 0.05) is 23.8 Å². The Labute approximate surface area is 151 Å². The van der Waals surface area contributed by atoms with Gasteiger partial charge in [-0.05, 0) is 23.8 Å². The average Bonchev–Trinajstić information content (AvgIpc) is 3.13. The van der Waals surface area contributed by atoms with Gasteiger partial charge < -0.3 is 15.0 Å². The first kappa shape index (κ1) is 17.0. The van der Waals surface area contributed by atoms with Crippen molar-refractivity contribution in [2.45, 2.75) is 12.5 Å². The molecule has 1 amide bonds. The van der Waals surface area contributed by atoms with Crippen molar-refractivity contribution >= 4 is 17.5 Å². The molecule has 0 bridgehead atoms. The molecule has 0 aliphatic rings. The van der Waals surface area contributed by atoms with Gasteiger partial charge in [0.15, 0.2) is 6.61 Å². The fourth-order valence-corrected chi connectivity index (χ4v) is 2.66. The van der Waals surface area contributed by atoms with Crippen molar-refractivity contribution in [3.8, 4) is 5.75 Å². The van der Waals surface area contributed by atoms with Crippen LogP contribution in [0.3, 0.4) is 0 Å². The number of amides is 1. The van der Waals surface area contributed by atoms with Gasteiger partial charge in [0.25, 0.3) is 5.91 Å². The lowest BCUT2D eigenvalue weighted by Crippen LogP contribution is -2.34. The molecule has 1 heterocycles. The fraction of sp³-hybridized carbons (Fsp3) is 0.158. The number of benzene rings is 2. The molecule has 1 unspecified atom stereocenters. The number of ether oxygens (including phenoxy) is 1. The molecule has 0 radical (unpaired) electrons. The van der Waals surface area contributed by atoms with Gasteiger partial charge in [0.1, 0.15) is 11.6 Å². The van der Waals surface area contributed by atoms with E-state index < -0.39 is 0 Å². The molecule has 3 rings (SSSR count). The number of rotatable bonds is 7. The van der Waals surface area contributed by atoms with Crippen LogP contribution in [0.15, 0.2) is 67.0 Å². The SMILES string of the molecule is O=C(COc1cccc(Cl)c1)NC(Cc1ncc[nH]1)c1ccccc1. The lowest BCUT2D eigenvalue weighted by molar-refractivity contribution is -0.123. The summed E-state index contributed by atoms with van der Waals surface area (Å²) in [4.78, 5) is 19.6. The number of H-pyrrole nitrogens is 1. The normalized spacial score (nSPS) is 11.7. The predicted molar refractivity (Wildman–Crippen MR) is 96.6 cm³/mol. The molecule has 128 valence electrons. The van der Waals surface area contributed by atoms with Crippen LogP contribution in [0.4, 0.5) is 0 Å². The number of carbonyl (C=O) groups excluding carboxylic acids is 1. The molecule has 1 aromatic heterocycles. The number of nitrogens with zero attached hydrogens (tertiary/aromatic N) is 1. The zero-order valence-corrected chi connectivity index (χ0v) is 14.2. The Morgan fingerprint density at radius 2 is 2.04 bits per heavy atom. The first-order chi connectivity index (χ1) is 12.2. The molecule has 1 atom stereocenters. The third kappa shape index (κ3) is 5.09. The maximum atomic E-state index is 12.3. The maximum absolute atomic E-state index is 12.3. The van der Waals surface area contributed by atoms with E-state index in [1.807, 2.05) is 30.3 Å². The zero-order chi connectivity index (χ0) is 17.5. The Bertz CT molecular complexity index is 807.